The van der Waals surface area contributed by atoms with Gasteiger partial charge in [0.05, 0.1) is 5.56 Å². The molecule has 0 amide bonds. The summed E-state index contributed by atoms with van der Waals surface area (Å²) < 4.78 is 5.21. The quantitative estimate of drug-likeness (QED) is 0.634. The molecule has 0 radical (unpaired) electrons. The molecular formula is C13H18N2O2. The Labute approximate surface area is 101 Å². The lowest BCUT2D eigenvalue weighted by Crippen LogP contribution is -2.25. The maximum atomic E-state index is 11.7. The normalized spacial score (nSPS) is 16.0. The average Bonchev–Trinajstić information content (AvgIpc) is 2.82. The van der Waals surface area contributed by atoms with Gasteiger partial charge in [-0.1, -0.05) is 12.1 Å². The molecule has 17 heavy (non-hydrogen) atoms. The van der Waals surface area contributed by atoms with Crippen LogP contribution in [0.15, 0.2) is 24.3 Å². The van der Waals surface area contributed by atoms with E-state index in [1.165, 1.54) is 12.8 Å². The van der Waals surface area contributed by atoms with Crippen LogP contribution in [0, 0.1) is 0 Å². The number of nitrogens with zero attached hydrogens (tertiary/aromatic N) is 1. The van der Waals surface area contributed by atoms with Crippen LogP contribution in [-0.4, -0.2) is 37.1 Å². The molecule has 0 aromatic heterocycles. The Balaban J connectivity index is 1.79. The van der Waals surface area contributed by atoms with Crippen molar-refractivity contribution in [2.45, 2.75) is 12.8 Å². The number of nitrogens with two attached hydrogens (primary N) is 1. The molecule has 1 fully saturated rings. The van der Waals surface area contributed by atoms with Crippen molar-refractivity contribution in [3.63, 3.8) is 0 Å². The molecule has 0 atom stereocenters. The van der Waals surface area contributed by atoms with Gasteiger partial charge in [-0.25, -0.2) is 4.79 Å². The number of likely N-dealkylation sites (tertiary alicyclic amines) is 1. The summed E-state index contributed by atoms with van der Waals surface area (Å²) in [6, 6.07) is 6.98. The summed E-state index contributed by atoms with van der Waals surface area (Å²) in [5, 5.41) is 0. The highest BCUT2D eigenvalue weighted by atomic mass is 16.5. The van der Waals surface area contributed by atoms with E-state index >= 15 is 0 Å². The first-order chi connectivity index (χ1) is 8.27. The third-order valence-corrected chi connectivity index (χ3v) is 3.02. The second-order valence-corrected chi connectivity index (χ2v) is 4.27. The first-order valence-corrected chi connectivity index (χ1v) is 6.01. The number of nitrogen functional groups attached to an aromatic ring is 1. The fraction of sp³-hybridized carbons (Fsp3) is 0.462. The van der Waals surface area contributed by atoms with Crippen molar-refractivity contribution in [1.29, 1.82) is 0 Å². The lowest BCUT2D eigenvalue weighted by Gasteiger charge is -2.14. The number of rotatable bonds is 4. The van der Waals surface area contributed by atoms with E-state index < -0.39 is 0 Å². The smallest absolute Gasteiger partial charge is 0.340 e. The number of hydrogen-bond donors (Lipinski definition) is 1. The summed E-state index contributed by atoms with van der Waals surface area (Å²) in [5.74, 6) is -0.331. The topological polar surface area (TPSA) is 55.6 Å². The minimum atomic E-state index is -0.331. The molecule has 2 rings (SSSR count). The SMILES string of the molecule is Nc1ccccc1C(=O)OCCN1CCCC1. The van der Waals surface area contributed by atoms with Crippen LogP contribution >= 0.6 is 0 Å². The highest BCUT2D eigenvalue weighted by Crippen LogP contribution is 2.12. The molecule has 1 aliphatic rings. The van der Waals surface area contributed by atoms with E-state index in [0.717, 1.165) is 19.6 Å². The molecule has 0 saturated carbocycles. The third-order valence-electron chi connectivity index (χ3n) is 3.02. The Bertz CT molecular complexity index is 387. The van der Waals surface area contributed by atoms with Gasteiger partial charge in [-0.3, -0.25) is 4.90 Å². The summed E-state index contributed by atoms with van der Waals surface area (Å²) in [7, 11) is 0. The fourth-order valence-corrected chi connectivity index (χ4v) is 2.03. The van der Waals surface area contributed by atoms with Crippen LogP contribution in [0.2, 0.25) is 0 Å². The van der Waals surface area contributed by atoms with Crippen molar-refractivity contribution in [1.82, 2.24) is 4.90 Å². The standard InChI is InChI=1S/C13H18N2O2/c14-12-6-2-1-5-11(12)13(16)17-10-9-15-7-3-4-8-15/h1-2,5-6H,3-4,7-10,14H2. The number of carbonyl (C=O) groups is 1. The van der Waals surface area contributed by atoms with Crippen molar-refractivity contribution in [2.24, 2.45) is 0 Å². The third kappa shape index (κ3) is 3.20. The number of anilines is 1. The second-order valence-electron chi connectivity index (χ2n) is 4.27. The predicted octanol–water partition coefficient (Wildman–Crippen LogP) is 1.52. The molecule has 0 unspecified atom stereocenters. The summed E-state index contributed by atoms with van der Waals surface area (Å²) >= 11 is 0. The number of hydrogen-bond acceptors (Lipinski definition) is 4. The van der Waals surface area contributed by atoms with Crippen LogP contribution in [0.4, 0.5) is 5.69 Å². The van der Waals surface area contributed by atoms with Crippen molar-refractivity contribution >= 4 is 11.7 Å². The van der Waals surface area contributed by atoms with Gasteiger partial charge < -0.3 is 10.5 Å². The zero-order valence-electron chi connectivity index (χ0n) is 9.89. The minimum Gasteiger partial charge on any atom is -0.461 e. The minimum absolute atomic E-state index is 0.331. The zero-order valence-corrected chi connectivity index (χ0v) is 9.89. The molecule has 1 saturated heterocycles. The first kappa shape index (κ1) is 11.9. The number of benzene rings is 1. The molecule has 0 aliphatic carbocycles. The van der Waals surface area contributed by atoms with Crippen LogP contribution in [-0.2, 0) is 4.74 Å². The highest BCUT2D eigenvalue weighted by molar-refractivity contribution is 5.94. The molecule has 4 heteroatoms. The number of carbonyl (C=O) groups excluding carboxylic acids is 1. The Kier molecular flexibility index (Phi) is 3.98. The molecule has 1 aliphatic heterocycles. The van der Waals surface area contributed by atoms with Crippen LogP contribution in [0.3, 0.4) is 0 Å². The molecule has 4 nitrogen and oxygen atoms in total. The van der Waals surface area contributed by atoms with Gasteiger partial charge in [-0.15, -0.1) is 0 Å². The van der Waals surface area contributed by atoms with E-state index in [1.807, 2.05) is 0 Å². The van der Waals surface area contributed by atoms with E-state index in [9.17, 15) is 4.79 Å². The largest absolute Gasteiger partial charge is 0.461 e. The van der Waals surface area contributed by atoms with Gasteiger partial charge in [-0.2, -0.15) is 0 Å². The Morgan fingerprint density at radius 3 is 2.71 bits per heavy atom. The second kappa shape index (κ2) is 5.68. The van der Waals surface area contributed by atoms with Gasteiger partial charge >= 0.3 is 5.97 Å². The Morgan fingerprint density at radius 2 is 2.00 bits per heavy atom. The highest BCUT2D eigenvalue weighted by Gasteiger charge is 2.13. The van der Waals surface area contributed by atoms with E-state index in [2.05, 4.69) is 4.90 Å². The van der Waals surface area contributed by atoms with Crippen molar-refractivity contribution in [2.75, 3.05) is 32.0 Å². The summed E-state index contributed by atoms with van der Waals surface area (Å²) in [4.78, 5) is 14.0. The number of para-hydroxylation sites is 1. The Hall–Kier alpha value is -1.55. The summed E-state index contributed by atoms with van der Waals surface area (Å²) in [6.45, 7) is 3.49. The van der Waals surface area contributed by atoms with Crippen LogP contribution in [0.5, 0.6) is 0 Å². The van der Waals surface area contributed by atoms with Crippen LogP contribution in [0.25, 0.3) is 0 Å². The maximum Gasteiger partial charge on any atom is 0.340 e. The molecule has 0 spiro atoms. The first-order valence-electron chi connectivity index (χ1n) is 6.01. The lowest BCUT2D eigenvalue weighted by atomic mass is 10.2. The monoisotopic (exact) mass is 234 g/mol. The summed E-state index contributed by atoms with van der Waals surface area (Å²) in [6.07, 6.45) is 2.50. The van der Waals surface area contributed by atoms with E-state index in [-0.39, 0.29) is 5.97 Å². The van der Waals surface area contributed by atoms with Gasteiger partial charge in [0.25, 0.3) is 0 Å². The molecular weight excluding hydrogens is 216 g/mol. The average molecular weight is 234 g/mol. The number of ether oxygens (including phenoxy) is 1. The fourth-order valence-electron chi connectivity index (χ4n) is 2.03. The molecule has 1 aromatic rings. The predicted molar refractivity (Wildman–Crippen MR) is 66.8 cm³/mol. The maximum absolute atomic E-state index is 11.7. The van der Waals surface area contributed by atoms with Crippen LogP contribution < -0.4 is 5.73 Å². The zero-order chi connectivity index (χ0) is 12.1. The van der Waals surface area contributed by atoms with Gasteiger partial charge in [0, 0.05) is 12.2 Å². The van der Waals surface area contributed by atoms with Gasteiger partial charge in [0.1, 0.15) is 6.61 Å². The van der Waals surface area contributed by atoms with Gasteiger partial charge in [0.2, 0.25) is 0 Å². The van der Waals surface area contributed by atoms with Crippen molar-refractivity contribution in [3.8, 4) is 0 Å². The molecule has 2 N–H and O–H groups in total. The van der Waals surface area contributed by atoms with Gasteiger partial charge in [-0.05, 0) is 38.1 Å². The van der Waals surface area contributed by atoms with Gasteiger partial charge in [0.15, 0.2) is 0 Å². The van der Waals surface area contributed by atoms with Crippen molar-refractivity contribution < 1.29 is 9.53 Å². The molecule has 0 bridgehead atoms. The summed E-state index contributed by atoms with van der Waals surface area (Å²) in [5.41, 5.74) is 6.63. The van der Waals surface area contributed by atoms with Crippen molar-refractivity contribution in [3.05, 3.63) is 29.8 Å². The Morgan fingerprint density at radius 1 is 1.29 bits per heavy atom. The number of esters is 1. The molecule has 1 aromatic carbocycles. The van der Waals surface area contributed by atoms with E-state index in [0.29, 0.717) is 17.9 Å². The van der Waals surface area contributed by atoms with E-state index in [4.69, 9.17) is 10.5 Å². The van der Waals surface area contributed by atoms with E-state index in [1.54, 1.807) is 24.3 Å². The lowest BCUT2D eigenvalue weighted by molar-refractivity contribution is 0.0473. The molecule has 1 heterocycles. The van der Waals surface area contributed by atoms with Crippen LogP contribution in [0.1, 0.15) is 23.2 Å². The molecule has 92 valence electrons.